The van der Waals surface area contributed by atoms with Crippen molar-refractivity contribution in [2.45, 2.75) is 33.7 Å². The van der Waals surface area contributed by atoms with E-state index in [9.17, 15) is 9.59 Å². The van der Waals surface area contributed by atoms with E-state index in [1.165, 1.54) is 4.90 Å². The van der Waals surface area contributed by atoms with Gasteiger partial charge in [0.2, 0.25) is 5.89 Å². The van der Waals surface area contributed by atoms with Crippen molar-refractivity contribution in [2.24, 2.45) is 0 Å². The molecule has 0 radical (unpaired) electrons. The van der Waals surface area contributed by atoms with E-state index < -0.39 is 11.7 Å². The lowest BCUT2D eigenvalue weighted by atomic mass is 10.0. The van der Waals surface area contributed by atoms with E-state index in [-0.39, 0.29) is 6.54 Å². The molecule has 0 atom stereocenters. The molecule has 0 saturated heterocycles. The molecule has 1 amide bonds. The number of hydrogen-bond donors (Lipinski definition) is 0. The molecule has 0 bridgehead atoms. The van der Waals surface area contributed by atoms with Crippen molar-refractivity contribution in [2.75, 3.05) is 4.90 Å². The highest BCUT2D eigenvalue weighted by Gasteiger charge is 2.37. The first kappa shape index (κ1) is 13.5. The summed E-state index contributed by atoms with van der Waals surface area (Å²) in [5, 5.41) is 3.84. The maximum Gasteiger partial charge on any atom is 0.299 e. The van der Waals surface area contributed by atoms with Crippen LogP contribution in [0.3, 0.4) is 0 Å². The van der Waals surface area contributed by atoms with Crippen molar-refractivity contribution in [3.63, 3.8) is 0 Å². The summed E-state index contributed by atoms with van der Waals surface area (Å²) in [5.41, 5.74) is 3.06. The standard InChI is InChI=1S/C15H15N3O3/c1-4-12-16-11(17-21-12)7-18-13-9(3)8(2)5-6-10(13)14(19)15(18)20/h5-6H,4,7H2,1-3H3. The second-order valence-electron chi connectivity index (χ2n) is 5.08. The third kappa shape index (κ3) is 2.03. The number of fused-ring (bicyclic) bond motifs is 1. The number of hydrogen-bond acceptors (Lipinski definition) is 5. The second kappa shape index (κ2) is 4.80. The van der Waals surface area contributed by atoms with Gasteiger partial charge in [-0.25, -0.2) is 0 Å². The number of carbonyl (C=O) groups is 2. The number of aromatic nitrogens is 2. The SMILES string of the molecule is CCc1nc(CN2C(=O)C(=O)c3ccc(C)c(C)c32)no1. The van der Waals surface area contributed by atoms with Crippen molar-refractivity contribution in [1.29, 1.82) is 0 Å². The van der Waals surface area contributed by atoms with Gasteiger partial charge in [-0.05, 0) is 31.0 Å². The number of ketones is 1. The van der Waals surface area contributed by atoms with Gasteiger partial charge >= 0.3 is 0 Å². The van der Waals surface area contributed by atoms with Crippen molar-refractivity contribution in [1.82, 2.24) is 10.1 Å². The summed E-state index contributed by atoms with van der Waals surface area (Å²) in [6.45, 7) is 5.90. The van der Waals surface area contributed by atoms with Crippen LogP contribution in [0.25, 0.3) is 0 Å². The highest BCUT2D eigenvalue weighted by atomic mass is 16.5. The zero-order valence-electron chi connectivity index (χ0n) is 12.1. The fraction of sp³-hybridized carbons (Fsp3) is 0.333. The third-order valence-electron chi connectivity index (χ3n) is 3.77. The number of carbonyl (C=O) groups excluding carboxylic acids is 2. The molecule has 2 heterocycles. The number of benzene rings is 1. The fourth-order valence-corrected chi connectivity index (χ4v) is 2.46. The lowest BCUT2D eigenvalue weighted by Crippen LogP contribution is -2.30. The van der Waals surface area contributed by atoms with Gasteiger partial charge in [0.05, 0.1) is 17.8 Å². The molecule has 1 aromatic heterocycles. The summed E-state index contributed by atoms with van der Waals surface area (Å²) in [6, 6.07) is 3.55. The first-order valence-electron chi connectivity index (χ1n) is 6.80. The molecule has 1 aliphatic rings. The highest BCUT2D eigenvalue weighted by molar-refractivity contribution is 6.52. The molecule has 1 aliphatic heterocycles. The zero-order chi connectivity index (χ0) is 15.1. The maximum absolute atomic E-state index is 12.2. The van der Waals surface area contributed by atoms with Crippen molar-refractivity contribution in [3.05, 3.63) is 40.5 Å². The minimum absolute atomic E-state index is 0.144. The molecule has 0 fully saturated rings. The van der Waals surface area contributed by atoms with Crippen molar-refractivity contribution in [3.8, 4) is 0 Å². The van der Waals surface area contributed by atoms with E-state index in [0.29, 0.717) is 29.4 Å². The number of amides is 1. The lowest BCUT2D eigenvalue weighted by molar-refractivity contribution is -0.114. The first-order valence-corrected chi connectivity index (χ1v) is 6.80. The predicted molar refractivity (Wildman–Crippen MR) is 75.1 cm³/mol. The predicted octanol–water partition coefficient (Wildman–Crippen LogP) is 1.98. The molecular weight excluding hydrogens is 270 g/mol. The Morgan fingerprint density at radius 1 is 1.24 bits per heavy atom. The summed E-state index contributed by atoms with van der Waals surface area (Å²) in [4.78, 5) is 29.9. The van der Waals surface area contributed by atoms with Gasteiger partial charge in [0, 0.05) is 6.42 Å². The molecule has 0 saturated carbocycles. The van der Waals surface area contributed by atoms with E-state index in [2.05, 4.69) is 10.1 Å². The van der Waals surface area contributed by atoms with E-state index in [1.54, 1.807) is 6.07 Å². The van der Waals surface area contributed by atoms with Gasteiger partial charge in [-0.1, -0.05) is 18.1 Å². The number of anilines is 1. The van der Waals surface area contributed by atoms with Crippen LogP contribution in [0.1, 0.15) is 40.1 Å². The van der Waals surface area contributed by atoms with Crippen LogP contribution in [-0.4, -0.2) is 21.8 Å². The van der Waals surface area contributed by atoms with Crippen LogP contribution in [0.4, 0.5) is 5.69 Å². The van der Waals surface area contributed by atoms with E-state index >= 15 is 0 Å². The van der Waals surface area contributed by atoms with Gasteiger partial charge in [-0.3, -0.25) is 14.5 Å². The Morgan fingerprint density at radius 3 is 2.67 bits per heavy atom. The molecule has 0 N–H and O–H groups in total. The third-order valence-corrected chi connectivity index (χ3v) is 3.77. The minimum Gasteiger partial charge on any atom is -0.339 e. The van der Waals surface area contributed by atoms with Crippen LogP contribution in [-0.2, 0) is 17.8 Å². The highest BCUT2D eigenvalue weighted by Crippen LogP contribution is 2.34. The van der Waals surface area contributed by atoms with E-state index in [1.807, 2.05) is 26.8 Å². The Hall–Kier alpha value is -2.50. The maximum atomic E-state index is 12.2. The molecular formula is C15H15N3O3. The van der Waals surface area contributed by atoms with Crippen LogP contribution in [0.5, 0.6) is 0 Å². The summed E-state index contributed by atoms with van der Waals surface area (Å²) in [5.74, 6) is -0.0974. The summed E-state index contributed by atoms with van der Waals surface area (Å²) in [6.07, 6.45) is 0.634. The van der Waals surface area contributed by atoms with Crippen molar-refractivity contribution < 1.29 is 14.1 Å². The number of Topliss-reactive ketones (excluding diaryl/α,β-unsaturated/α-hetero) is 1. The average Bonchev–Trinajstić information content (AvgIpc) is 3.02. The molecule has 21 heavy (non-hydrogen) atoms. The topological polar surface area (TPSA) is 76.3 Å². The number of aryl methyl sites for hydroxylation is 2. The smallest absolute Gasteiger partial charge is 0.299 e. The van der Waals surface area contributed by atoms with Crippen LogP contribution in [0.2, 0.25) is 0 Å². The molecule has 2 aromatic rings. The molecule has 3 rings (SSSR count). The Balaban J connectivity index is 2.02. The Kier molecular flexibility index (Phi) is 3.08. The molecule has 0 unspecified atom stereocenters. The van der Waals surface area contributed by atoms with Gasteiger partial charge in [0.25, 0.3) is 11.7 Å². The van der Waals surface area contributed by atoms with E-state index in [4.69, 9.17) is 4.52 Å². The molecule has 0 aliphatic carbocycles. The minimum atomic E-state index is -0.540. The largest absolute Gasteiger partial charge is 0.339 e. The van der Waals surface area contributed by atoms with Gasteiger partial charge in [0.1, 0.15) is 0 Å². The molecule has 6 nitrogen and oxygen atoms in total. The fourth-order valence-electron chi connectivity index (χ4n) is 2.46. The van der Waals surface area contributed by atoms with Crippen LogP contribution < -0.4 is 4.90 Å². The summed E-state index contributed by atoms with van der Waals surface area (Å²) < 4.78 is 5.04. The van der Waals surface area contributed by atoms with Crippen molar-refractivity contribution >= 4 is 17.4 Å². The number of nitrogens with zero attached hydrogens (tertiary/aromatic N) is 3. The Labute approximate surface area is 121 Å². The van der Waals surface area contributed by atoms with Gasteiger partial charge in [-0.15, -0.1) is 0 Å². The van der Waals surface area contributed by atoms with E-state index in [0.717, 1.165) is 11.1 Å². The number of rotatable bonds is 3. The normalized spacial score (nSPS) is 14.0. The van der Waals surface area contributed by atoms with Crippen LogP contribution >= 0.6 is 0 Å². The zero-order valence-corrected chi connectivity index (χ0v) is 12.1. The molecule has 0 spiro atoms. The lowest BCUT2D eigenvalue weighted by Gasteiger charge is -2.17. The molecule has 108 valence electrons. The van der Waals surface area contributed by atoms with Gasteiger partial charge < -0.3 is 4.52 Å². The van der Waals surface area contributed by atoms with Crippen LogP contribution in [0.15, 0.2) is 16.7 Å². The quantitative estimate of drug-likeness (QED) is 0.806. The Morgan fingerprint density at radius 2 is 2.00 bits per heavy atom. The summed E-state index contributed by atoms with van der Waals surface area (Å²) in [7, 11) is 0. The van der Waals surface area contributed by atoms with Crippen LogP contribution in [0, 0.1) is 13.8 Å². The molecule has 6 heteroatoms. The summed E-state index contributed by atoms with van der Waals surface area (Å²) >= 11 is 0. The second-order valence-corrected chi connectivity index (χ2v) is 5.08. The first-order chi connectivity index (χ1) is 10.0. The monoisotopic (exact) mass is 285 g/mol. The molecule has 1 aromatic carbocycles. The average molecular weight is 285 g/mol. The van der Waals surface area contributed by atoms with Gasteiger partial charge in [0.15, 0.2) is 5.82 Å². The van der Waals surface area contributed by atoms with Gasteiger partial charge in [-0.2, -0.15) is 4.98 Å². The Bertz CT molecular complexity index is 749.